The first-order chi connectivity index (χ1) is 23.2. The van der Waals surface area contributed by atoms with Gasteiger partial charge in [0, 0.05) is 11.8 Å². The quantitative estimate of drug-likeness (QED) is 0.0644. The number of halogens is 2. The highest BCUT2D eigenvalue weighted by Crippen LogP contribution is 2.47. The van der Waals surface area contributed by atoms with Gasteiger partial charge >= 0.3 is 0 Å². The van der Waals surface area contributed by atoms with Crippen LogP contribution in [-0.2, 0) is 0 Å². The van der Waals surface area contributed by atoms with Crippen LogP contribution >= 0.6 is 0 Å². The van der Waals surface area contributed by atoms with Crippen LogP contribution in [0.15, 0.2) is 0 Å². The second-order valence-corrected chi connectivity index (χ2v) is 22.5. The van der Waals surface area contributed by atoms with Crippen molar-refractivity contribution in [2.75, 3.05) is 54.4 Å². The molecule has 2 aliphatic carbocycles. The second-order valence-electron chi connectivity index (χ2n) is 22.5. The summed E-state index contributed by atoms with van der Waals surface area (Å²) in [6.45, 7) is 30.8. The minimum Gasteiger partial charge on any atom is -1.00 e. The van der Waals surface area contributed by atoms with Gasteiger partial charge in [0.2, 0.25) is 0 Å². The Morgan fingerprint density at radius 2 is 0.808 bits per heavy atom. The minimum absolute atomic E-state index is 0. The van der Waals surface area contributed by atoms with Crippen molar-refractivity contribution in [3.8, 4) is 0 Å². The van der Waals surface area contributed by atoms with Gasteiger partial charge in [0.25, 0.3) is 0 Å². The van der Waals surface area contributed by atoms with Crippen molar-refractivity contribution >= 4 is 0 Å². The van der Waals surface area contributed by atoms with E-state index in [9.17, 15) is 0 Å². The Bertz CT molecular complexity index is 825. The van der Waals surface area contributed by atoms with Crippen molar-refractivity contribution < 1.29 is 42.9 Å². The fraction of sp³-hybridized carbons (Fsp3) is 1.00. The highest BCUT2D eigenvalue weighted by Gasteiger charge is 2.37. The molecule has 2 fully saturated rings. The van der Waals surface area contributed by atoms with Crippen LogP contribution in [0.3, 0.4) is 0 Å². The third-order valence-electron chi connectivity index (χ3n) is 15.0. The molecule has 4 heteroatoms. The van der Waals surface area contributed by atoms with Gasteiger partial charge in [-0.25, -0.2) is 0 Å². The first-order valence-electron chi connectivity index (χ1n) is 22.9. The monoisotopic (exact) mass is 861 g/mol. The number of rotatable bonds is 25. The van der Waals surface area contributed by atoms with Crippen LogP contribution in [0.4, 0.5) is 0 Å². The van der Waals surface area contributed by atoms with Gasteiger partial charge in [-0.1, -0.05) is 133 Å². The Labute approximate surface area is 351 Å². The molecule has 0 saturated heterocycles. The maximum absolute atomic E-state index is 2.54. The molecule has 0 aromatic heterocycles. The zero-order valence-electron chi connectivity index (χ0n) is 38.2. The lowest BCUT2D eigenvalue weighted by Gasteiger charge is -2.43. The predicted molar refractivity (Wildman–Crippen MR) is 226 cm³/mol. The Morgan fingerprint density at radius 1 is 0.481 bits per heavy atom. The minimum atomic E-state index is 0. The molecule has 314 valence electrons. The van der Waals surface area contributed by atoms with Crippen LogP contribution in [0, 0.1) is 58.2 Å². The maximum atomic E-state index is 2.54. The van der Waals surface area contributed by atoms with Crippen molar-refractivity contribution in [1.82, 2.24) is 0 Å². The summed E-state index contributed by atoms with van der Waals surface area (Å²) in [6, 6.07) is 0. The highest BCUT2D eigenvalue weighted by atomic mass is 79.9. The van der Waals surface area contributed by atoms with Crippen LogP contribution < -0.4 is 34.0 Å². The van der Waals surface area contributed by atoms with Gasteiger partial charge in [-0.2, -0.15) is 0 Å². The first kappa shape index (κ1) is 52.9. The molecular weight excluding hydrogens is 764 g/mol. The number of hydrogen-bond acceptors (Lipinski definition) is 0. The zero-order valence-corrected chi connectivity index (χ0v) is 41.4. The molecule has 52 heavy (non-hydrogen) atoms. The van der Waals surface area contributed by atoms with Crippen molar-refractivity contribution in [3.05, 3.63) is 0 Å². The van der Waals surface area contributed by atoms with Crippen molar-refractivity contribution in [2.45, 2.75) is 198 Å². The van der Waals surface area contributed by atoms with E-state index in [2.05, 4.69) is 97.4 Å². The van der Waals surface area contributed by atoms with Crippen molar-refractivity contribution in [3.63, 3.8) is 0 Å². The van der Waals surface area contributed by atoms with Crippen LogP contribution in [0.5, 0.6) is 0 Å². The predicted octanol–water partition coefficient (Wildman–Crippen LogP) is 8.08. The molecule has 0 amide bonds. The van der Waals surface area contributed by atoms with E-state index in [0.717, 1.165) is 47.3 Å². The highest BCUT2D eigenvalue weighted by molar-refractivity contribution is 4.87. The molecule has 0 aliphatic heterocycles. The molecule has 2 aliphatic rings. The molecule has 2 rings (SSSR count). The first-order valence-corrected chi connectivity index (χ1v) is 22.9. The smallest absolute Gasteiger partial charge is 0.0808 e. The largest absolute Gasteiger partial charge is 1.00 e. The Hall–Kier alpha value is 0.880. The summed E-state index contributed by atoms with van der Waals surface area (Å²) in [7, 11) is 9.97. The molecule has 0 aromatic carbocycles. The number of quaternary nitrogens is 2. The average molecular weight is 863 g/mol. The number of unbranched alkanes of at least 4 members (excludes halogenated alkanes) is 3. The van der Waals surface area contributed by atoms with Crippen LogP contribution in [0.2, 0.25) is 0 Å². The summed E-state index contributed by atoms with van der Waals surface area (Å²) in [6.07, 6.45) is 28.7. The number of hydrogen-bond donors (Lipinski definition) is 0. The molecule has 0 heterocycles. The average Bonchev–Trinajstić information content (AvgIpc) is 2.97. The lowest BCUT2D eigenvalue weighted by Crippen LogP contribution is -3.00. The topological polar surface area (TPSA) is 0 Å². The molecule has 0 N–H and O–H groups in total. The van der Waals surface area contributed by atoms with Gasteiger partial charge in [-0.05, 0) is 111 Å². The summed E-state index contributed by atoms with van der Waals surface area (Å²) in [5, 5.41) is 0. The Morgan fingerprint density at radius 3 is 1.13 bits per heavy atom. The number of nitrogens with zero attached hydrogens (tertiary/aromatic N) is 2. The normalized spacial score (nSPS) is 25.7. The SMILES string of the molecule is CC(CCCC(C)C[N+](C)(C)CCCCCC[N+](C)(C)CC(C)CCCC(C)CCC1C(C)CCCC1(C)C)CCC1C(C)CCCC1(C)C.[Br-].[Br-]. The van der Waals surface area contributed by atoms with E-state index in [0.29, 0.717) is 10.8 Å². The van der Waals surface area contributed by atoms with Gasteiger partial charge in [0.05, 0.1) is 54.4 Å². The maximum Gasteiger partial charge on any atom is 0.0808 e. The molecule has 0 aromatic rings. The molecule has 2 saturated carbocycles. The summed E-state index contributed by atoms with van der Waals surface area (Å²) in [5.41, 5.74) is 1.13. The van der Waals surface area contributed by atoms with Gasteiger partial charge in [-0.15, -0.1) is 0 Å². The zero-order chi connectivity index (χ0) is 37.6. The molecule has 2 nitrogen and oxygen atoms in total. The summed E-state index contributed by atoms with van der Waals surface area (Å²) in [4.78, 5) is 0. The van der Waals surface area contributed by atoms with Gasteiger partial charge in [0.15, 0.2) is 0 Å². The fourth-order valence-corrected chi connectivity index (χ4v) is 11.8. The molecule has 0 spiro atoms. The molecular formula is C48H98Br2N2. The third kappa shape index (κ3) is 20.9. The molecule has 0 radical (unpaired) electrons. The van der Waals surface area contributed by atoms with Gasteiger partial charge in [-0.3, -0.25) is 0 Å². The lowest BCUT2D eigenvalue weighted by molar-refractivity contribution is -0.894. The van der Waals surface area contributed by atoms with Gasteiger partial charge < -0.3 is 42.9 Å². The lowest BCUT2D eigenvalue weighted by atomic mass is 9.62. The van der Waals surface area contributed by atoms with E-state index in [1.54, 1.807) is 0 Å². The van der Waals surface area contributed by atoms with E-state index < -0.39 is 0 Å². The summed E-state index contributed by atoms with van der Waals surface area (Å²) >= 11 is 0. The van der Waals surface area contributed by atoms with Gasteiger partial charge in [0.1, 0.15) is 0 Å². The second kappa shape index (κ2) is 25.3. The van der Waals surface area contributed by atoms with E-state index >= 15 is 0 Å². The summed E-state index contributed by atoms with van der Waals surface area (Å²) < 4.78 is 2.42. The van der Waals surface area contributed by atoms with E-state index in [-0.39, 0.29) is 34.0 Å². The standard InChI is InChI=1S/C48H98N2.2BrH/c1-39(29-31-45-43(5)27-21-33-47(45,7)8)23-19-25-41(3)37-49(11,12)35-17-15-16-18-36-50(13,14)38-42(4)26-20-24-40(2)30-32-46-44(6)28-22-34-48(46,9)10;;/h39-46H,15-38H2,1-14H3;2*1H/q+2;;/p-2. The molecule has 8 unspecified atom stereocenters. The van der Waals surface area contributed by atoms with Crippen LogP contribution in [0.1, 0.15) is 198 Å². The fourth-order valence-electron chi connectivity index (χ4n) is 11.8. The van der Waals surface area contributed by atoms with Crippen molar-refractivity contribution in [1.29, 1.82) is 0 Å². The molecule has 0 bridgehead atoms. The van der Waals surface area contributed by atoms with E-state index in [1.165, 1.54) is 164 Å². The third-order valence-corrected chi connectivity index (χ3v) is 15.0. The Kier molecular flexibility index (Phi) is 25.7. The van der Waals surface area contributed by atoms with Crippen molar-refractivity contribution in [2.24, 2.45) is 58.2 Å². The molecule has 8 atom stereocenters. The van der Waals surface area contributed by atoms with E-state index in [4.69, 9.17) is 0 Å². The Balaban J connectivity index is 0.0000130. The summed E-state index contributed by atoms with van der Waals surface area (Å²) in [5.74, 6) is 7.22. The van der Waals surface area contributed by atoms with Crippen LogP contribution in [0.25, 0.3) is 0 Å². The van der Waals surface area contributed by atoms with E-state index in [1.807, 2.05) is 0 Å². The van der Waals surface area contributed by atoms with Crippen LogP contribution in [-0.4, -0.2) is 63.3 Å².